The molecule has 106 valence electrons. The quantitative estimate of drug-likeness (QED) is 0.881. The number of hydrogen-bond donors (Lipinski definition) is 2. The van der Waals surface area contributed by atoms with Crippen LogP contribution >= 0.6 is 0 Å². The van der Waals surface area contributed by atoms with Crippen LogP contribution in [0.1, 0.15) is 19.3 Å². The molecule has 0 aromatic heterocycles. The van der Waals surface area contributed by atoms with Gasteiger partial charge in [-0.3, -0.25) is 0 Å². The average molecular weight is 284 g/mol. The van der Waals surface area contributed by atoms with Crippen LogP contribution in [0, 0.1) is 0 Å². The van der Waals surface area contributed by atoms with Crippen molar-refractivity contribution in [3.05, 3.63) is 24.3 Å². The van der Waals surface area contributed by atoms with Crippen molar-refractivity contribution in [2.75, 3.05) is 25.6 Å². The summed E-state index contributed by atoms with van der Waals surface area (Å²) in [4.78, 5) is 0.282. The first kappa shape index (κ1) is 14.3. The van der Waals surface area contributed by atoms with Crippen molar-refractivity contribution in [1.82, 2.24) is 4.72 Å². The normalized spacial score (nSPS) is 20.8. The molecule has 0 spiro atoms. The van der Waals surface area contributed by atoms with Gasteiger partial charge in [0.1, 0.15) is 0 Å². The van der Waals surface area contributed by atoms with Crippen molar-refractivity contribution < 1.29 is 13.2 Å². The van der Waals surface area contributed by atoms with Gasteiger partial charge in [-0.05, 0) is 44.5 Å². The van der Waals surface area contributed by atoms with Gasteiger partial charge in [0.2, 0.25) is 10.0 Å². The van der Waals surface area contributed by atoms with Gasteiger partial charge in [-0.15, -0.1) is 0 Å². The van der Waals surface area contributed by atoms with Crippen molar-refractivity contribution in [3.8, 4) is 0 Å². The molecule has 1 unspecified atom stereocenters. The van der Waals surface area contributed by atoms with E-state index in [0.717, 1.165) is 38.2 Å². The molecule has 1 fully saturated rings. The second kappa shape index (κ2) is 6.36. The minimum Gasteiger partial charge on any atom is -0.382 e. The second-order valence-electron chi connectivity index (χ2n) is 4.62. The number of rotatable bonds is 4. The van der Waals surface area contributed by atoms with Gasteiger partial charge in [-0.1, -0.05) is 6.07 Å². The van der Waals surface area contributed by atoms with E-state index in [1.807, 2.05) is 6.07 Å². The lowest BCUT2D eigenvalue weighted by Crippen LogP contribution is -2.21. The molecule has 1 aliphatic heterocycles. The van der Waals surface area contributed by atoms with Gasteiger partial charge in [-0.25, -0.2) is 13.1 Å². The largest absolute Gasteiger partial charge is 0.382 e. The van der Waals surface area contributed by atoms with E-state index in [4.69, 9.17) is 4.74 Å². The summed E-state index contributed by atoms with van der Waals surface area (Å²) < 4.78 is 31.2. The first-order valence-corrected chi connectivity index (χ1v) is 7.98. The fourth-order valence-electron chi connectivity index (χ4n) is 2.15. The van der Waals surface area contributed by atoms with Gasteiger partial charge in [0.05, 0.1) is 4.90 Å². The Labute approximate surface area is 114 Å². The van der Waals surface area contributed by atoms with Crippen molar-refractivity contribution >= 4 is 15.7 Å². The number of benzene rings is 1. The molecule has 0 aliphatic carbocycles. The number of nitrogens with one attached hydrogen (secondary N) is 2. The van der Waals surface area contributed by atoms with Gasteiger partial charge in [0.15, 0.2) is 0 Å². The van der Waals surface area contributed by atoms with E-state index in [1.165, 1.54) is 7.05 Å². The zero-order valence-corrected chi connectivity index (χ0v) is 11.9. The maximum Gasteiger partial charge on any atom is 0.240 e. The molecule has 6 heteroatoms. The summed E-state index contributed by atoms with van der Waals surface area (Å²) in [6, 6.07) is 7.24. The molecule has 0 saturated carbocycles. The molecule has 1 atom stereocenters. The maximum atomic E-state index is 11.7. The standard InChI is InChI=1S/C13H20N2O3S/c1-14-19(16,17)13-6-2-4-12(10-13)15-11-5-3-8-18-9-7-11/h2,4,6,10-11,14-15H,3,5,7-9H2,1H3. The molecule has 5 nitrogen and oxygen atoms in total. The highest BCUT2D eigenvalue weighted by atomic mass is 32.2. The third kappa shape index (κ3) is 3.92. The minimum absolute atomic E-state index is 0.282. The minimum atomic E-state index is -3.38. The van der Waals surface area contributed by atoms with E-state index in [1.54, 1.807) is 18.2 Å². The Kier molecular flexibility index (Phi) is 4.79. The van der Waals surface area contributed by atoms with Crippen LogP contribution in [-0.4, -0.2) is 34.7 Å². The molecule has 1 aromatic carbocycles. The summed E-state index contributed by atoms with van der Waals surface area (Å²) in [6.07, 6.45) is 3.03. The predicted molar refractivity (Wildman–Crippen MR) is 74.8 cm³/mol. The van der Waals surface area contributed by atoms with Crippen LogP contribution < -0.4 is 10.0 Å². The van der Waals surface area contributed by atoms with Gasteiger partial charge < -0.3 is 10.1 Å². The van der Waals surface area contributed by atoms with Crippen LogP contribution in [0.3, 0.4) is 0 Å². The maximum absolute atomic E-state index is 11.7. The monoisotopic (exact) mass is 284 g/mol. The van der Waals surface area contributed by atoms with Gasteiger partial charge >= 0.3 is 0 Å². The third-order valence-electron chi connectivity index (χ3n) is 3.24. The van der Waals surface area contributed by atoms with Crippen molar-refractivity contribution in [1.29, 1.82) is 0 Å². The molecular weight excluding hydrogens is 264 g/mol. The number of sulfonamides is 1. The molecule has 1 heterocycles. The summed E-state index contributed by atoms with van der Waals surface area (Å²) in [5.74, 6) is 0. The Morgan fingerprint density at radius 2 is 2.11 bits per heavy atom. The lowest BCUT2D eigenvalue weighted by atomic mass is 10.1. The highest BCUT2D eigenvalue weighted by Gasteiger charge is 2.14. The van der Waals surface area contributed by atoms with E-state index in [9.17, 15) is 8.42 Å². The van der Waals surface area contributed by atoms with Gasteiger partial charge in [-0.2, -0.15) is 0 Å². The zero-order valence-electron chi connectivity index (χ0n) is 11.1. The van der Waals surface area contributed by atoms with Crippen molar-refractivity contribution in [2.24, 2.45) is 0 Å². The van der Waals surface area contributed by atoms with Crippen molar-refractivity contribution in [3.63, 3.8) is 0 Å². The number of hydrogen-bond acceptors (Lipinski definition) is 4. The summed E-state index contributed by atoms with van der Waals surface area (Å²) in [5.41, 5.74) is 0.836. The fraction of sp³-hybridized carbons (Fsp3) is 0.538. The fourth-order valence-corrected chi connectivity index (χ4v) is 2.93. The molecule has 1 aromatic rings. The predicted octanol–water partition coefficient (Wildman–Crippen LogP) is 1.58. The van der Waals surface area contributed by atoms with Crippen LogP contribution in [0.5, 0.6) is 0 Å². The Hall–Kier alpha value is -1.11. The van der Waals surface area contributed by atoms with E-state index < -0.39 is 10.0 Å². The Morgan fingerprint density at radius 3 is 2.89 bits per heavy atom. The first-order chi connectivity index (χ1) is 9.12. The molecule has 1 saturated heterocycles. The molecule has 1 aliphatic rings. The highest BCUT2D eigenvalue weighted by Crippen LogP contribution is 2.19. The van der Waals surface area contributed by atoms with E-state index in [0.29, 0.717) is 6.04 Å². The van der Waals surface area contributed by atoms with E-state index in [2.05, 4.69) is 10.0 Å². The number of ether oxygens (including phenoxy) is 1. The summed E-state index contributed by atoms with van der Waals surface area (Å²) >= 11 is 0. The summed E-state index contributed by atoms with van der Waals surface area (Å²) in [6.45, 7) is 1.57. The third-order valence-corrected chi connectivity index (χ3v) is 4.65. The zero-order chi connectivity index (χ0) is 13.7. The smallest absolute Gasteiger partial charge is 0.240 e. The Balaban J connectivity index is 2.10. The molecular formula is C13H20N2O3S. The van der Waals surface area contributed by atoms with Gasteiger partial charge in [0.25, 0.3) is 0 Å². The van der Waals surface area contributed by atoms with Crippen LogP contribution in [0.4, 0.5) is 5.69 Å². The van der Waals surface area contributed by atoms with Crippen LogP contribution in [0.15, 0.2) is 29.2 Å². The number of anilines is 1. The molecule has 0 amide bonds. The summed E-state index contributed by atoms with van der Waals surface area (Å²) in [7, 11) is -1.97. The molecule has 19 heavy (non-hydrogen) atoms. The SMILES string of the molecule is CNS(=O)(=O)c1cccc(NC2CCCOCC2)c1. The van der Waals surface area contributed by atoms with Crippen molar-refractivity contribution in [2.45, 2.75) is 30.2 Å². The first-order valence-electron chi connectivity index (χ1n) is 6.50. The van der Waals surface area contributed by atoms with Crippen LogP contribution in [-0.2, 0) is 14.8 Å². The molecule has 2 rings (SSSR count). The lowest BCUT2D eigenvalue weighted by Gasteiger charge is -2.17. The molecule has 0 bridgehead atoms. The Bertz CT molecular complexity index is 508. The molecule has 0 radical (unpaired) electrons. The summed E-state index contributed by atoms with van der Waals surface area (Å²) in [5, 5.41) is 3.39. The van der Waals surface area contributed by atoms with Crippen LogP contribution in [0.2, 0.25) is 0 Å². The molecule has 2 N–H and O–H groups in total. The highest BCUT2D eigenvalue weighted by molar-refractivity contribution is 7.89. The average Bonchev–Trinajstić information content (AvgIpc) is 2.68. The van der Waals surface area contributed by atoms with Crippen LogP contribution in [0.25, 0.3) is 0 Å². The van der Waals surface area contributed by atoms with E-state index >= 15 is 0 Å². The topological polar surface area (TPSA) is 67.4 Å². The van der Waals surface area contributed by atoms with E-state index in [-0.39, 0.29) is 4.90 Å². The van der Waals surface area contributed by atoms with Gasteiger partial charge in [0, 0.05) is 24.9 Å². The lowest BCUT2D eigenvalue weighted by molar-refractivity contribution is 0.144. The second-order valence-corrected chi connectivity index (χ2v) is 6.51. The Morgan fingerprint density at radius 1 is 1.26 bits per heavy atom.